The van der Waals surface area contributed by atoms with Gasteiger partial charge in [0.05, 0.1) is 12.6 Å². The predicted molar refractivity (Wildman–Crippen MR) is 125 cm³/mol. The predicted octanol–water partition coefficient (Wildman–Crippen LogP) is 6.23. The van der Waals surface area contributed by atoms with Crippen molar-refractivity contribution in [3.05, 3.63) is 83.4 Å². The Labute approximate surface area is 203 Å². The van der Waals surface area contributed by atoms with E-state index in [1.54, 1.807) is 6.33 Å². The third-order valence-electron chi connectivity index (χ3n) is 5.63. The van der Waals surface area contributed by atoms with Gasteiger partial charge in [-0.3, -0.25) is 9.78 Å². The molecule has 0 spiro atoms. The van der Waals surface area contributed by atoms with E-state index in [0.29, 0.717) is 0 Å². The summed E-state index contributed by atoms with van der Waals surface area (Å²) in [5.41, 5.74) is 6.90. The van der Waals surface area contributed by atoms with Gasteiger partial charge in [-0.25, -0.2) is 4.98 Å². The third-order valence-corrected chi connectivity index (χ3v) is 5.63. The number of rotatable bonds is 1. The molecular weight excluding hydrogens is 577 g/mol. The average molecular weight is 603 g/mol. The van der Waals surface area contributed by atoms with E-state index in [4.69, 9.17) is 6.48 Å². The van der Waals surface area contributed by atoms with E-state index in [0.717, 1.165) is 16.8 Å². The Kier molecular flexibility index (Phi) is 6.23. The maximum atomic E-state index is 10.2. The number of hydrogen-bond donors (Lipinski definition) is 1. The minimum atomic E-state index is -0.412. The van der Waals surface area contributed by atoms with Gasteiger partial charge in [-0.2, -0.15) is 0 Å². The summed E-state index contributed by atoms with van der Waals surface area (Å²) in [6, 6.07) is 18.3. The van der Waals surface area contributed by atoms with Gasteiger partial charge in [-0.15, -0.1) is 23.3 Å². The molecular formula is C27H25IrN2O2-. The molecule has 1 radical (unpaired) electrons. The van der Waals surface area contributed by atoms with Crippen molar-refractivity contribution in [3.8, 4) is 11.3 Å². The van der Waals surface area contributed by atoms with Crippen molar-refractivity contribution in [1.82, 2.24) is 9.97 Å². The van der Waals surface area contributed by atoms with E-state index in [1.807, 2.05) is 0 Å². The minimum absolute atomic E-state index is 0. The molecule has 1 N–H and O–H groups in total. The van der Waals surface area contributed by atoms with Crippen LogP contribution in [-0.2, 0) is 30.3 Å². The SMILES string of the molecule is Cc1cc2c3c(ncnc3c1)-c1[c-]cc3ccccc3c1C2(C)C.[2H]/C(C(C)=O)=C(\C)O.[Ir]. The van der Waals surface area contributed by atoms with Gasteiger partial charge >= 0.3 is 0 Å². The van der Waals surface area contributed by atoms with E-state index >= 15 is 0 Å². The quantitative estimate of drug-likeness (QED) is 0.159. The smallest absolute Gasteiger partial charge is 0.155 e. The van der Waals surface area contributed by atoms with Crippen LogP contribution in [-0.4, -0.2) is 20.9 Å². The van der Waals surface area contributed by atoms with Gasteiger partial charge in [0, 0.05) is 26.2 Å². The number of carbonyl (C=O) groups is 1. The molecule has 0 bridgehead atoms. The van der Waals surface area contributed by atoms with Gasteiger partial charge in [0.2, 0.25) is 0 Å². The number of aliphatic hydroxyl groups excluding tert-OH is 1. The summed E-state index contributed by atoms with van der Waals surface area (Å²) in [5, 5.41) is 12.2. The number of aryl methyl sites for hydroxylation is 1. The van der Waals surface area contributed by atoms with Crippen molar-refractivity contribution >= 4 is 27.5 Å². The normalized spacial score (nSPS) is 14.3. The summed E-state index contributed by atoms with van der Waals surface area (Å²) in [6.07, 6.45) is 1.67. The molecule has 4 nitrogen and oxygen atoms in total. The zero-order valence-corrected chi connectivity index (χ0v) is 21.1. The second kappa shape index (κ2) is 8.93. The van der Waals surface area contributed by atoms with Crippen LogP contribution in [0.3, 0.4) is 0 Å². The molecule has 0 fully saturated rings. The van der Waals surface area contributed by atoms with Crippen LogP contribution in [0.5, 0.6) is 0 Å². The van der Waals surface area contributed by atoms with E-state index < -0.39 is 5.78 Å². The zero-order chi connectivity index (χ0) is 23.2. The number of allylic oxidation sites excluding steroid dienone is 2. The topological polar surface area (TPSA) is 63.1 Å². The second-order valence-corrected chi connectivity index (χ2v) is 8.45. The van der Waals surface area contributed by atoms with Crippen LogP contribution < -0.4 is 0 Å². The number of nitrogens with zero attached hydrogens (tertiary/aromatic N) is 2. The first-order valence-corrected chi connectivity index (χ1v) is 10.2. The Bertz CT molecular complexity index is 1420. The molecule has 0 saturated heterocycles. The molecule has 0 saturated carbocycles. The maximum absolute atomic E-state index is 10.2. The van der Waals surface area contributed by atoms with Crippen LogP contribution in [0.2, 0.25) is 0 Å². The Balaban J connectivity index is 0.000000297. The molecule has 0 unspecified atom stereocenters. The van der Waals surface area contributed by atoms with Gasteiger partial charge < -0.3 is 5.11 Å². The molecule has 32 heavy (non-hydrogen) atoms. The Morgan fingerprint density at radius 1 is 1.19 bits per heavy atom. The van der Waals surface area contributed by atoms with Gasteiger partial charge in [0.15, 0.2) is 5.78 Å². The summed E-state index contributed by atoms with van der Waals surface area (Å²) in [5.74, 6) is -0.637. The van der Waals surface area contributed by atoms with Crippen LogP contribution >= 0.6 is 0 Å². The molecule has 5 heteroatoms. The summed E-state index contributed by atoms with van der Waals surface area (Å²) >= 11 is 0. The molecule has 0 aliphatic heterocycles. The summed E-state index contributed by atoms with van der Waals surface area (Å²) in [4.78, 5) is 19.3. The maximum Gasteiger partial charge on any atom is 0.155 e. The van der Waals surface area contributed by atoms with Crippen LogP contribution in [0.15, 0.2) is 60.6 Å². The van der Waals surface area contributed by atoms with E-state index in [1.165, 1.54) is 46.7 Å². The van der Waals surface area contributed by atoms with Crippen LogP contribution in [0, 0.1) is 13.0 Å². The standard InChI is InChI=1S/C22H17N2.C5H8O2.Ir/c1-13-10-17-19-18(11-13)23-12-24-21(19)16-9-8-14-6-4-5-7-15(14)20(16)22(17,2)3;1-4(6)3-5(2)7;/h4-8,10-12H,1-3H3;3,6H,1-2H3;/q-1;;/b;4-3-;/i;3D;. The largest absolute Gasteiger partial charge is 0.512 e. The number of aromatic nitrogens is 2. The van der Waals surface area contributed by atoms with Crippen LogP contribution in [0.1, 0.15) is 45.8 Å². The van der Waals surface area contributed by atoms with Gasteiger partial charge in [-0.1, -0.05) is 55.0 Å². The molecule has 1 heterocycles. The molecule has 5 rings (SSSR count). The zero-order valence-electron chi connectivity index (χ0n) is 19.7. The first-order chi connectivity index (χ1) is 15.1. The molecule has 1 aliphatic rings. The van der Waals surface area contributed by atoms with Gasteiger partial charge in [0.1, 0.15) is 6.33 Å². The fourth-order valence-electron chi connectivity index (χ4n) is 4.45. The van der Waals surface area contributed by atoms with Crippen molar-refractivity contribution in [2.24, 2.45) is 0 Å². The number of benzene rings is 3. The van der Waals surface area contributed by atoms with Gasteiger partial charge in [-0.05, 0) is 54.5 Å². The monoisotopic (exact) mass is 603 g/mol. The average Bonchev–Trinajstić information content (AvgIpc) is 2.76. The minimum Gasteiger partial charge on any atom is -0.512 e. The third kappa shape index (κ3) is 4.11. The van der Waals surface area contributed by atoms with Crippen LogP contribution in [0.25, 0.3) is 32.9 Å². The van der Waals surface area contributed by atoms with E-state index in [-0.39, 0.29) is 37.3 Å². The van der Waals surface area contributed by atoms with Crippen LogP contribution in [0.4, 0.5) is 0 Å². The first-order valence-electron chi connectivity index (χ1n) is 10.7. The molecule has 3 aromatic carbocycles. The summed E-state index contributed by atoms with van der Waals surface area (Å²) < 4.78 is 6.76. The second-order valence-electron chi connectivity index (χ2n) is 8.45. The Hall–Kier alpha value is -2.88. The van der Waals surface area contributed by atoms with Crippen molar-refractivity contribution in [2.45, 2.75) is 40.0 Å². The number of hydrogen-bond acceptors (Lipinski definition) is 4. The number of aliphatic hydroxyl groups is 1. The van der Waals surface area contributed by atoms with Crippen molar-refractivity contribution in [1.29, 1.82) is 0 Å². The van der Waals surface area contributed by atoms with E-state index in [9.17, 15) is 4.79 Å². The van der Waals surface area contributed by atoms with Crippen molar-refractivity contribution < 1.29 is 31.4 Å². The first kappa shape index (κ1) is 22.3. The fraction of sp³-hybridized carbons (Fsp3) is 0.222. The molecule has 0 amide bonds. The van der Waals surface area contributed by atoms with Gasteiger partial charge in [0.25, 0.3) is 0 Å². The number of carbonyl (C=O) groups excluding carboxylic acids is 1. The Morgan fingerprint density at radius 3 is 2.56 bits per heavy atom. The number of fused-ring (bicyclic) bond motifs is 4. The Morgan fingerprint density at radius 2 is 1.91 bits per heavy atom. The summed E-state index contributed by atoms with van der Waals surface area (Å²) in [7, 11) is 0. The van der Waals surface area contributed by atoms with Crippen molar-refractivity contribution in [2.75, 3.05) is 0 Å². The molecule has 1 aliphatic carbocycles. The number of ketones is 1. The summed E-state index contributed by atoms with van der Waals surface area (Å²) in [6.45, 7) is 9.29. The fourth-order valence-corrected chi connectivity index (χ4v) is 4.45. The molecule has 0 atom stereocenters. The van der Waals surface area contributed by atoms with Crippen molar-refractivity contribution in [3.63, 3.8) is 0 Å². The molecule has 1 aromatic heterocycles. The molecule has 4 aromatic rings. The molecule has 165 valence electrons. The van der Waals surface area contributed by atoms with E-state index in [2.05, 4.69) is 79.3 Å².